The number of hydrogen-bond acceptors (Lipinski definition) is 5. The predicted octanol–water partition coefficient (Wildman–Crippen LogP) is 5.45. The van der Waals surface area contributed by atoms with Crippen molar-refractivity contribution in [3.05, 3.63) is 83.3 Å². The average molecular weight is 401 g/mol. The van der Waals surface area contributed by atoms with Gasteiger partial charge in [0.2, 0.25) is 5.13 Å². The molecule has 2 aromatic heterocycles. The topological polar surface area (TPSA) is 58.7 Å². The van der Waals surface area contributed by atoms with E-state index in [9.17, 15) is 4.79 Å². The summed E-state index contributed by atoms with van der Waals surface area (Å²) >= 11 is 1.44. The Kier molecular flexibility index (Phi) is 4.69. The average Bonchev–Trinajstić information content (AvgIpc) is 3.43. The molecule has 0 N–H and O–H groups in total. The van der Waals surface area contributed by atoms with E-state index in [-0.39, 0.29) is 5.91 Å². The number of hydrazone groups is 1. The Morgan fingerprint density at radius 1 is 1.07 bits per heavy atom. The first kappa shape index (κ1) is 17.8. The molecule has 29 heavy (non-hydrogen) atoms. The van der Waals surface area contributed by atoms with Gasteiger partial charge in [-0.3, -0.25) is 4.79 Å². The lowest BCUT2D eigenvalue weighted by Crippen LogP contribution is -2.26. The van der Waals surface area contributed by atoms with E-state index >= 15 is 0 Å². The molecule has 1 aliphatic rings. The molecule has 5 rings (SSSR count). The number of hydrogen-bond donors (Lipinski definition) is 0. The van der Waals surface area contributed by atoms with Crippen LogP contribution in [0.1, 0.15) is 40.1 Å². The number of amides is 1. The monoisotopic (exact) mass is 401 g/mol. The first-order valence-electron chi connectivity index (χ1n) is 9.67. The van der Waals surface area contributed by atoms with Gasteiger partial charge in [-0.15, -0.1) is 0 Å². The fourth-order valence-corrected chi connectivity index (χ4v) is 4.53. The normalized spacial score (nSPS) is 13.7. The number of nitrogens with zero attached hydrogens (tertiary/aromatic N) is 3. The molecule has 0 bridgehead atoms. The van der Waals surface area contributed by atoms with E-state index in [4.69, 9.17) is 4.42 Å². The highest BCUT2D eigenvalue weighted by molar-refractivity contribution is 7.22. The number of benzene rings is 2. The van der Waals surface area contributed by atoms with E-state index in [1.807, 2.05) is 36.4 Å². The van der Waals surface area contributed by atoms with Crippen LogP contribution in [-0.2, 0) is 12.8 Å². The van der Waals surface area contributed by atoms with Crippen LogP contribution in [0.15, 0.2) is 70.4 Å². The molecule has 0 unspecified atom stereocenters. The van der Waals surface area contributed by atoms with E-state index in [1.54, 1.807) is 24.6 Å². The van der Waals surface area contributed by atoms with Crippen molar-refractivity contribution < 1.29 is 9.21 Å². The summed E-state index contributed by atoms with van der Waals surface area (Å²) in [6, 6.07) is 17.4. The van der Waals surface area contributed by atoms with Gasteiger partial charge < -0.3 is 4.42 Å². The lowest BCUT2D eigenvalue weighted by Gasteiger charge is -2.18. The summed E-state index contributed by atoms with van der Waals surface area (Å²) in [6.45, 7) is 0. The minimum absolute atomic E-state index is 0.194. The lowest BCUT2D eigenvalue weighted by atomic mass is 9.90. The molecule has 0 aliphatic heterocycles. The van der Waals surface area contributed by atoms with Gasteiger partial charge in [-0.2, -0.15) is 10.1 Å². The number of furan rings is 1. The van der Waals surface area contributed by atoms with E-state index in [0.717, 1.165) is 23.1 Å². The van der Waals surface area contributed by atoms with Crippen LogP contribution in [0, 0.1) is 0 Å². The van der Waals surface area contributed by atoms with Crippen molar-refractivity contribution in [1.29, 1.82) is 0 Å². The summed E-state index contributed by atoms with van der Waals surface area (Å²) < 4.78 is 6.35. The number of aryl methyl sites for hydroxylation is 2. The molecule has 0 saturated heterocycles. The number of aromatic nitrogens is 1. The number of thiazole rings is 1. The van der Waals surface area contributed by atoms with Crippen molar-refractivity contribution in [3.8, 4) is 0 Å². The zero-order valence-electron chi connectivity index (χ0n) is 15.7. The molecule has 5 nitrogen and oxygen atoms in total. The van der Waals surface area contributed by atoms with Crippen LogP contribution in [0.3, 0.4) is 0 Å². The first-order valence-corrected chi connectivity index (χ1v) is 10.5. The van der Waals surface area contributed by atoms with Gasteiger partial charge in [-0.25, -0.2) is 4.98 Å². The zero-order chi connectivity index (χ0) is 19.6. The Labute approximate surface area is 172 Å². The first-order chi connectivity index (χ1) is 14.3. The van der Waals surface area contributed by atoms with Crippen LogP contribution >= 0.6 is 11.3 Å². The summed E-state index contributed by atoms with van der Waals surface area (Å²) in [5, 5.41) is 6.34. The van der Waals surface area contributed by atoms with Gasteiger partial charge in [0.15, 0.2) is 0 Å². The lowest BCUT2D eigenvalue weighted by molar-refractivity contribution is 0.0987. The molecular weight excluding hydrogens is 382 g/mol. The van der Waals surface area contributed by atoms with Crippen molar-refractivity contribution in [1.82, 2.24) is 4.98 Å². The molecule has 0 saturated carbocycles. The molecule has 0 atom stereocenters. The maximum atomic E-state index is 13.4. The summed E-state index contributed by atoms with van der Waals surface area (Å²) in [4.78, 5) is 18.0. The molecule has 4 aromatic rings. The second-order valence-corrected chi connectivity index (χ2v) is 8.04. The van der Waals surface area contributed by atoms with Crippen molar-refractivity contribution in [2.24, 2.45) is 5.10 Å². The second kappa shape index (κ2) is 7.64. The van der Waals surface area contributed by atoms with E-state index in [1.165, 1.54) is 40.3 Å². The van der Waals surface area contributed by atoms with Crippen LogP contribution in [0.4, 0.5) is 5.13 Å². The molecule has 2 heterocycles. The second-order valence-electron chi connectivity index (χ2n) is 7.03. The standard InChI is InChI=1S/C23H19N3O2S/c27-22(18-12-11-16-6-1-2-7-17(16)14-18)26(24-15-19-8-5-13-28-19)23-25-20-9-3-4-10-21(20)29-23/h3-5,8-15H,1-2,6-7H2/b24-15-. The fourth-order valence-electron chi connectivity index (χ4n) is 3.61. The Bertz CT molecular complexity index is 1160. The molecule has 0 fully saturated rings. The number of carbonyl (C=O) groups is 1. The Hall–Kier alpha value is -3.25. The van der Waals surface area contributed by atoms with Crippen LogP contribution in [0.25, 0.3) is 10.2 Å². The quantitative estimate of drug-likeness (QED) is 0.337. The van der Waals surface area contributed by atoms with Gasteiger partial charge in [-0.1, -0.05) is 29.5 Å². The van der Waals surface area contributed by atoms with Crippen molar-refractivity contribution in [2.75, 3.05) is 5.01 Å². The highest BCUT2D eigenvalue weighted by Gasteiger charge is 2.22. The van der Waals surface area contributed by atoms with Crippen LogP contribution in [0.5, 0.6) is 0 Å². The highest BCUT2D eigenvalue weighted by atomic mass is 32.1. The van der Waals surface area contributed by atoms with Crippen molar-refractivity contribution >= 4 is 38.8 Å². The smallest absolute Gasteiger partial charge is 0.280 e. The zero-order valence-corrected chi connectivity index (χ0v) is 16.6. The minimum atomic E-state index is -0.194. The molecule has 0 radical (unpaired) electrons. The Morgan fingerprint density at radius 2 is 1.93 bits per heavy atom. The molecule has 0 spiro atoms. The van der Waals surface area contributed by atoms with Gasteiger partial charge in [0.1, 0.15) is 5.76 Å². The van der Waals surface area contributed by atoms with E-state index < -0.39 is 0 Å². The van der Waals surface area contributed by atoms with Gasteiger partial charge in [0.25, 0.3) is 5.91 Å². The van der Waals surface area contributed by atoms with Gasteiger partial charge in [0.05, 0.1) is 22.7 Å². The maximum absolute atomic E-state index is 13.4. The Balaban J connectivity index is 1.54. The Morgan fingerprint density at radius 3 is 2.76 bits per heavy atom. The maximum Gasteiger partial charge on any atom is 0.280 e. The molecule has 1 aliphatic carbocycles. The number of fused-ring (bicyclic) bond motifs is 2. The van der Waals surface area contributed by atoms with Crippen LogP contribution in [0.2, 0.25) is 0 Å². The van der Waals surface area contributed by atoms with Crippen molar-refractivity contribution in [2.45, 2.75) is 25.7 Å². The summed E-state index contributed by atoms with van der Waals surface area (Å²) in [5.74, 6) is 0.384. The predicted molar refractivity (Wildman–Crippen MR) is 116 cm³/mol. The van der Waals surface area contributed by atoms with E-state index in [2.05, 4.69) is 16.2 Å². The number of rotatable bonds is 4. The summed E-state index contributed by atoms with van der Waals surface area (Å²) in [5.41, 5.74) is 4.09. The number of carbonyl (C=O) groups excluding carboxylic acids is 1. The van der Waals surface area contributed by atoms with Crippen LogP contribution < -0.4 is 5.01 Å². The summed E-state index contributed by atoms with van der Waals surface area (Å²) in [6.07, 6.45) is 7.61. The van der Waals surface area contributed by atoms with E-state index in [0.29, 0.717) is 16.5 Å². The largest absolute Gasteiger partial charge is 0.463 e. The van der Waals surface area contributed by atoms with Crippen LogP contribution in [-0.4, -0.2) is 17.1 Å². The third-order valence-corrected chi connectivity index (χ3v) is 6.11. The molecule has 2 aromatic carbocycles. The number of anilines is 1. The minimum Gasteiger partial charge on any atom is -0.463 e. The molecular formula is C23H19N3O2S. The molecule has 6 heteroatoms. The molecule has 144 valence electrons. The van der Waals surface area contributed by atoms with Gasteiger partial charge in [-0.05, 0) is 73.2 Å². The third-order valence-electron chi connectivity index (χ3n) is 5.10. The molecule has 1 amide bonds. The number of para-hydroxylation sites is 1. The SMILES string of the molecule is O=C(c1ccc2c(c1)CCCC2)N(/N=C\c1ccco1)c1nc2ccccc2s1. The fraction of sp³-hybridized carbons (Fsp3) is 0.174. The van der Waals surface area contributed by atoms with Crippen molar-refractivity contribution in [3.63, 3.8) is 0 Å². The van der Waals surface area contributed by atoms with Gasteiger partial charge >= 0.3 is 0 Å². The summed E-state index contributed by atoms with van der Waals surface area (Å²) in [7, 11) is 0. The third kappa shape index (κ3) is 3.59. The van der Waals surface area contributed by atoms with Gasteiger partial charge in [0, 0.05) is 5.56 Å². The highest BCUT2D eigenvalue weighted by Crippen LogP contribution is 2.30.